The maximum atomic E-state index is 12.2. The number of ether oxygens (including phenoxy) is 1. The number of aromatic nitrogens is 2. The van der Waals surface area contributed by atoms with Gasteiger partial charge in [-0.1, -0.05) is 0 Å². The molecule has 0 amide bonds. The molecule has 0 atom stereocenters. The first kappa shape index (κ1) is 20.9. The van der Waals surface area contributed by atoms with Gasteiger partial charge in [0.25, 0.3) is 0 Å². The van der Waals surface area contributed by atoms with Crippen LogP contribution in [0.15, 0.2) is 39.5 Å². The van der Waals surface area contributed by atoms with Crippen molar-refractivity contribution in [2.75, 3.05) is 7.11 Å². The second kappa shape index (κ2) is 8.30. The fraction of sp³-hybridized carbons (Fsp3) is 0.188. The van der Waals surface area contributed by atoms with E-state index in [0.29, 0.717) is 28.1 Å². The molecule has 0 aliphatic rings. The predicted molar refractivity (Wildman–Crippen MR) is 83.6 cm³/mol. The van der Waals surface area contributed by atoms with E-state index in [4.69, 9.17) is 9.15 Å². The minimum absolute atomic E-state index is 0. The molecule has 0 saturated carbocycles. The molecule has 2 heterocycles. The fourth-order valence-corrected chi connectivity index (χ4v) is 2.41. The Hall–Kier alpha value is -2.13. The van der Waals surface area contributed by atoms with Gasteiger partial charge in [-0.2, -0.15) is 5.10 Å². The maximum absolute atomic E-state index is 12.2. The molecule has 0 bridgehead atoms. The zero-order valence-corrected chi connectivity index (χ0v) is 16.0. The van der Waals surface area contributed by atoms with E-state index in [1.165, 1.54) is 4.68 Å². The number of carbonyl (C=O) groups excluding carboxylic acids is 1. The van der Waals surface area contributed by atoms with E-state index in [9.17, 15) is 14.7 Å². The quantitative estimate of drug-likeness (QED) is 0.361. The summed E-state index contributed by atoms with van der Waals surface area (Å²) in [5, 5.41) is 15.6. The molecular weight excluding hydrogens is 339 g/mol. The van der Waals surface area contributed by atoms with E-state index in [2.05, 4.69) is 5.10 Å². The number of carboxylic acid groups (broad SMARTS) is 1. The molecule has 0 aliphatic carbocycles. The summed E-state index contributed by atoms with van der Waals surface area (Å²) in [4.78, 5) is 23.1. The van der Waals surface area contributed by atoms with Gasteiger partial charge in [-0.25, -0.2) is 4.79 Å². The van der Waals surface area contributed by atoms with Crippen LogP contribution in [0.2, 0.25) is 0 Å². The van der Waals surface area contributed by atoms with Gasteiger partial charge in [0.1, 0.15) is 11.3 Å². The van der Waals surface area contributed by atoms with Crippen LogP contribution in [0.25, 0.3) is 22.2 Å². The van der Waals surface area contributed by atoms with Gasteiger partial charge in [-0.3, -0.25) is 4.68 Å². The maximum Gasteiger partial charge on any atom is 1.00 e. The van der Waals surface area contributed by atoms with Crippen LogP contribution < -0.4 is 45.0 Å². The Morgan fingerprint density at radius 3 is 2.68 bits per heavy atom. The molecule has 0 radical (unpaired) electrons. The normalized spacial score (nSPS) is 10.0. The summed E-state index contributed by atoms with van der Waals surface area (Å²) < 4.78 is 11.7. The topological polar surface area (TPSA) is 129 Å². The van der Waals surface area contributed by atoms with Crippen molar-refractivity contribution in [3.8, 4) is 17.0 Å². The van der Waals surface area contributed by atoms with Gasteiger partial charge in [-0.15, -0.1) is 0 Å². The van der Waals surface area contributed by atoms with Crippen LogP contribution in [-0.4, -0.2) is 28.3 Å². The zero-order chi connectivity index (χ0) is 16.6. The van der Waals surface area contributed by atoms with E-state index in [0.717, 1.165) is 0 Å². The third-order valence-electron chi connectivity index (χ3n) is 3.40. The summed E-state index contributed by atoms with van der Waals surface area (Å²) in [6, 6.07) is 8.32. The Bertz CT molecular complexity index is 963. The number of benzene rings is 1. The second-order valence-electron chi connectivity index (χ2n) is 5.05. The summed E-state index contributed by atoms with van der Waals surface area (Å²) in [7, 11) is 1.54. The largest absolute Gasteiger partial charge is 1.00 e. The standard InChI is InChI=1S/C16H14N2O5.Na.H2O/c1-9-5-13(18(17-9)8-15(19)20)12-7-10-6-11(22-2)3-4-14(10)23-16(12)21;;/h3-7H,8H2,1-2H3,(H,19,20);;1H2/q;+1;/p-1. The van der Waals surface area contributed by atoms with Gasteiger partial charge >= 0.3 is 35.2 Å². The van der Waals surface area contributed by atoms with Crippen molar-refractivity contribution in [2.24, 2.45) is 0 Å². The smallest absolute Gasteiger partial charge is 0.548 e. The Morgan fingerprint density at radius 2 is 2.04 bits per heavy atom. The van der Waals surface area contributed by atoms with Crippen LogP contribution in [0.4, 0.5) is 0 Å². The van der Waals surface area contributed by atoms with Crippen molar-refractivity contribution < 1.29 is 54.1 Å². The number of rotatable bonds is 4. The average Bonchev–Trinajstić information content (AvgIpc) is 2.85. The molecule has 8 nitrogen and oxygen atoms in total. The summed E-state index contributed by atoms with van der Waals surface area (Å²) in [5.74, 6) is -0.669. The third-order valence-corrected chi connectivity index (χ3v) is 3.40. The van der Waals surface area contributed by atoms with Crippen LogP contribution in [0.5, 0.6) is 5.75 Å². The zero-order valence-electron chi connectivity index (χ0n) is 14.0. The Kier molecular flexibility index (Phi) is 6.95. The molecule has 0 saturated heterocycles. The molecule has 0 unspecified atom stereocenters. The minimum atomic E-state index is -1.29. The number of carboxylic acids is 1. The molecule has 3 rings (SSSR count). The summed E-state index contributed by atoms with van der Waals surface area (Å²) >= 11 is 0. The van der Waals surface area contributed by atoms with Gasteiger partial charge in [0.15, 0.2) is 0 Å². The molecule has 0 spiro atoms. The number of hydrogen-bond donors (Lipinski definition) is 0. The minimum Gasteiger partial charge on any atom is -0.548 e. The van der Waals surface area contributed by atoms with E-state index < -0.39 is 18.1 Å². The van der Waals surface area contributed by atoms with Crippen molar-refractivity contribution in [2.45, 2.75) is 13.5 Å². The van der Waals surface area contributed by atoms with Gasteiger partial charge in [0, 0.05) is 5.39 Å². The molecule has 0 aliphatic heterocycles. The van der Waals surface area contributed by atoms with Crippen LogP contribution in [-0.2, 0) is 11.3 Å². The first-order valence-electron chi connectivity index (χ1n) is 6.84. The fourth-order valence-electron chi connectivity index (χ4n) is 2.41. The molecule has 0 fully saturated rings. The van der Waals surface area contributed by atoms with Crippen molar-refractivity contribution in [3.63, 3.8) is 0 Å². The Morgan fingerprint density at radius 1 is 1.32 bits per heavy atom. The van der Waals surface area contributed by atoms with E-state index in [1.54, 1.807) is 44.4 Å². The number of aliphatic carboxylic acids is 1. The molecule has 25 heavy (non-hydrogen) atoms. The summed E-state index contributed by atoms with van der Waals surface area (Å²) in [6.45, 7) is 1.26. The Balaban J connectivity index is 0.00000156. The average molecular weight is 354 g/mol. The number of nitrogens with zero attached hydrogens (tertiary/aromatic N) is 2. The number of carbonyl (C=O) groups is 1. The monoisotopic (exact) mass is 354 g/mol. The third kappa shape index (κ3) is 4.29. The number of fused-ring (bicyclic) bond motifs is 1. The van der Waals surface area contributed by atoms with Crippen LogP contribution >= 0.6 is 0 Å². The summed E-state index contributed by atoms with van der Waals surface area (Å²) in [5.41, 5.74) is 1.04. The number of methoxy groups -OCH3 is 1. The van der Waals surface area contributed by atoms with Gasteiger partial charge < -0.3 is 24.5 Å². The first-order valence-corrected chi connectivity index (χ1v) is 6.84. The molecule has 9 heteroatoms. The van der Waals surface area contributed by atoms with Gasteiger partial charge in [-0.05, 0) is 37.3 Å². The van der Waals surface area contributed by atoms with Crippen LogP contribution in [0.1, 0.15) is 5.69 Å². The van der Waals surface area contributed by atoms with Crippen molar-refractivity contribution >= 4 is 16.9 Å². The van der Waals surface area contributed by atoms with Crippen molar-refractivity contribution in [1.29, 1.82) is 0 Å². The van der Waals surface area contributed by atoms with E-state index in [1.807, 2.05) is 0 Å². The SMILES string of the molecule is COc1ccc2oc(=O)c(-c3cc(C)nn3CC(=O)[O-])cc2c1.O.[Na+]. The van der Waals surface area contributed by atoms with Gasteiger partial charge in [0.2, 0.25) is 0 Å². The summed E-state index contributed by atoms with van der Waals surface area (Å²) in [6.07, 6.45) is 0. The van der Waals surface area contributed by atoms with E-state index >= 15 is 0 Å². The molecular formula is C16H15N2NaO6. The number of hydrogen-bond acceptors (Lipinski definition) is 6. The van der Waals surface area contributed by atoms with Crippen molar-refractivity contribution in [1.82, 2.24) is 9.78 Å². The predicted octanol–water partition coefficient (Wildman–Crippen LogP) is -3.10. The first-order chi connectivity index (χ1) is 11.0. The second-order valence-corrected chi connectivity index (χ2v) is 5.05. The van der Waals surface area contributed by atoms with Crippen LogP contribution in [0.3, 0.4) is 0 Å². The molecule has 2 aromatic heterocycles. The Labute approximate surface area is 164 Å². The molecule has 3 aromatic rings. The molecule has 1 aromatic carbocycles. The number of aryl methyl sites for hydroxylation is 1. The van der Waals surface area contributed by atoms with Gasteiger partial charge in [0.05, 0.1) is 36.6 Å². The van der Waals surface area contributed by atoms with Crippen molar-refractivity contribution in [3.05, 3.63) is 46.4 Å². The van der Waals surface area contributed by atoms with Crippen LogP contribution in [0, 0.1) is 6.92 Å². The van der Waals surface area contributed by atoms with E-state index in [-0.39, 0.29) is 40.6 Å². The molecule has 2 N–H and O–H groups in total. The molecule has 126 valence electrons.